The van der Waals surface area contributed by atoms with Crippen LogP contribution in [0.5, 0.6) is 23.0 Å². The summed E-state index contributed by atoms with van der Waals surface area (Å²) in [5, 5.41) is 38.1. The van der Waals surface area contributed by atoms with Crippen molar-refractivity contribution in [1.29, 1.82) is 0 Å². The Morgan fingerprint density at radius 1 is 0.552 bits per heavy atom. The molecule has 0 saturated carbocycles. The maximum absolute atomic E-state index is 9.66. The second-order valence-corrected chi connectivity index (χ2v) is 7.03. The van der Waals surface area contributed by atoms with Gasteiger partial charge in [0.2, 0.25) is 0 Å². The van der Waals surface area contributed by atoms with Gasteiger partial charge in [0.05, 0.1) is 0 Å². The first-order valence-electron chi connectivity index (χ1n) is 10.1. The van der Waals surface area contributed by atoms with Gasteiger partial charge >= 0.3 is 0 Å². The SMILES string of the molecule is Oc1ccc(O)c(C=NCCCCCCCCCN=Cc2cc(O)ccc2O)c1. The first-order valence-corrected chi connectivity index (χ1v) is 10.1. The Balaban J connectivity index is 1.47. The summed E-state index contributed by atoms with van der Waals surface area (Å²) >= 11 is 0. The number of nitrogens with zero attached hydrogens (tertiary/aromatic N) is 2. The van der Waals surface area contributed by atoms with E-state index < -0.39 is 0 Å². The van der Waals surface area contributed by atoms with E-state index in [-0.39, 0.29) is 23.0 Å². The molecule has 0 aliphatic carbocycles. The lowest BCUT2D eigenvalue weighted by molar-refractivity contribution is 0.459. The summed E-state index contributed by atoms with van der Waals surface area (Å²) in [6.45, 7) is 1.43. The van der Waals surface area contributed by atoms with E-state index in [1.54, 1.807) is 12.4 Å². The third-order valence-corrected chi connectivity index (χ3v) is 4.56. The second kappa shape index (κ2) is 12.4. The molecule has 4 N–H and O–H groups in total. The monoisotopic (exact) mass is 398 g/mol. The lowest BCUT2D eigenvalue weighted by Crippen LogP contribution is -1.88. The molecule has 2 aromatic carbocycles. The summed E-state index contributed by atoms with van der Waals surface area (Å²) in [7, 11) is 0. The molecule has 0 unspecified atom stereocenters. The Kier molecular flexibility index (Phi) is 9.55. The van der Waals surface area contributed by atoms with Crippen molar-refractivity contribution < 1.29 is 20.4 Å². The summed E-state index contributed by atoms with van der Waals surface area (Å²) < 4.78 is 0. The van der Waals surface area contributed by atoms with Crippen LogP contribution < -0.4 is 0 Å². The van der Waals surface area contributed by atoms with Crippen molar-refractivity contribution in [3.63, 3.8) is 0 Å². The topological polar surface area (TPSA) is 106 Å². The predicted molar refractivity (Wildman–Crippen MR) is 117 cm³/mol. The lowest BCUT2D eigenvalue weighted by atomic mass is 10.1. The van der Waals surface area contributed by atoms with Crippen molar-refractivity contribution in [2.24, 2.45) is 9.98 Å². The molecule has 2 aromatic rings. The van der Waals surface area contributed by atoms with Gasteiger partial charge in [-0.3, -0.25) is 9.98 Å². The summed E-state index contributed by atoms with van der Waals surface area (Å²) in [5.41, 5.74) is 1.07. The number of aliphatic imine (C=N–C) groups is 2. The van der Waals surface area contributed by atoms with Crippen LogP contribution in [0, 0.1) is 0 Å². The normalized spacial score (nSPS) is 11.6. The number of hydrogen-bond acceptors (Lipinski definition) is 6. The first-order chi connectivity index (χ1) is 14.1. The molecule has 0 atom stereocenters. The molecule has 156 valence electrons. The van der Waals surface area contributed by atoms with E-state index >= 15 is 0 Å². The number of phenolic OH excluding ortho intramolecular Hbond substituents is 4. The van der Waals surface area contributed by atoms with Crippen molar-refractivity contribution in [3.05, 3.63) is 47.5 Å². The van der Waals surface area contributed by atoms with Crippen molar-refractivity contribution in [2.45, 2.75) is 44.9 Å². The maximum atomic E-state index is 9.66. The number of hydrogen-bond donors (Lipinski definition) is 4. The molecule has 0 heterocycles. The van der Waals surface area contributed by atoms with Crippen LogP contribution in [0.2, 0.25) is 0 Å². The van der Waals surface area contributed by atoms with Crippen LogP contribution in [0.4, 0.5) is 0 Å². The highest BCUT2D eigenvalue weighted by molar-refractivity contribution is 5.84. The molecule has 6 nitrogen and oxygen atoms in total. The summed E-state index contributed by atoms with van der Waals surface area (Å²) in [5.74, 6) is 0.476. The number of benzene rings is 2. The zero-order valence-corrected chi connectivity index (χ0v) is 16.7. The van der Waals surface area contributed by atoms with E-state index in [0.717, 1.165) is 25.7 Å². The van der Waals surface area contributed by atoms with Gasteiger partial charge in [0.1, 0.15) is 23.0 Å². The van der Waals surface area contributed by atoms with E-state index in [2.05, 4.69) is 9.98 Å². The third kappa shape index (κ3) is 8.68. The van der Waals surface area contributed by atoms with Gasteiger partial charge < -0.3 is 20.4 Å². The number of phenols is 4. The van der Waals surface area contributed by atoms with Crippen molar-refractivity contribution in [2.75, 3.05) is 13.1 Å². The Bertz CT molecular complexity index is 751. The number of unbranched alkanes of at least 4 members (excludes halogenated alkanes) is 6. The second-order valence-electron chi connectivity index (χ2n) is 7.03. The van der Waals surface area contributed by atoms with E-state index in [1.807, 2.05) is 0 Å². The molecule has 0 bridgehead atoms. The third-order valence-electron chi connectivity index (χ3n) is 4.56. The van der Waals surface area contributed by atoms with E-state index in [9.17, 15) is 20.4 Å². The fraction of sp³-hybridized carbons (Fsp3) is 0.391. The minimum atomic E-state index is 0.118. The van der Waals surface area contributed by atoms with Gasteiger partial charge in [-0.2, -0.15) is 0 Å². The molecule has 0 aromatic heterocycles. The first kappa shape index (κ1) is 22.3. The molecule has 0 spiro atoms. The highest BCUT2D eigenvalue weighted by Gasteiger charge is 2.00. The minimum absolute atomic E-state index is 0.118. The van der Waals surface area contributed by atoms with Crippen LogP contribution in [0.15, 0.2) is 46.4 Å². The zero-order chi connectivity index (χ0) is 20.9. The zero-order valence-electron chi connectivity index (χ0n) is 16.7. The molecule has 0 amide bonds. The van der Waals surface area contributed by atoms with E-state index in [0.29, 0.717) is 24.2 Å². The molecule has 0 radical (unpaired) electrons. The van der Waals surface area contributed by atoms with E-state index in [4.69, 9.17) is 0 Å². The predicted octanol–water partition coefficient (Wildman–Crippen LogP) is 4.78. The number of rotatable bonds is 12. The summed E-state index contributed by atoms with van der Waals surface area (Å²) in [4.78, 5) is 8.60. The Morgan fingerprint density at radius 2 is 0.931 bits per heavy atom. The molecular formula is C23H30N2O4. The van der Waals surface area contributed by atoms with Gasteiger partial charge in [-0.15, -0.1) is 0 Å². The Morgan fingerprint density at radius 3 is 1.34 bits per heavy atom. The summed E-state index contributed by atoms with van der Waals surface area (Å²) in [6, 6.07) is 8.79. The molecule has 6 heteroatoms. The van der Waals surface area contributed by atoms with Gasteiger partial charge in [0.25, 0.3) is 0 Å². The van der Waals surface area contributed by atoms with Gasteiger partial charge in [-0.1, -0.05) is 32.1 Å². The lowest BCUT2D eigenvalue weighted by Gasteiger charge is -2.01. The minimum Gasteiger partial charge on any atom is -0.508 e. The van der Waals surface area contributed by atoms with Crippen molar-refractivity contribution in [3.8, 4) is 23.0 Å². The molecule has 0 saturated heterocycles. The number of aromatic hydroxyl groups is 4. The van der Waals surface area contributed by atoms with Gasteiger partial charge in [0.15, 0.2) is 0 Å². The van der Waals surface area contributed by atoms with Crippen molar-refractivity contribution in [1.82, 2.24) is 0 Å². The maximum Gasteiger partial charge on any atom is 0.124 e. The largest absolute Gasteiger partial charge is 0.508 e. The molecule has 0 fully saturated rings. The van der Waals surface area contributed by atoms with Crippen LogP contribution in [0.1, 0.15) is 56.1 Å². The van der Waals surface area contributed by atoms with Crippen LogP contribution >= 0.6 is 0 Å². The fourth-order valence-electron chi connectivity index (χ4n) is 2.91. The molecule has 29 heavy (non-hydrogen) atoms. The highest BCUT2D eigenvalue weighted by Crippen LogP contribution is 2.21. The standard InChI is InChI=1S/C23H30N2O4/c26-20-8-10-22(28)18(14-20)16-24-12-6-4-2-1-3-5-7-13-25-17-19-15-21(27)9-11-23(19)29/h8-11,14-17,26-29H,1-7,12-13H2. The average molecular weight is 399 g/mol. The van der Waals surface area contributed by atoms with Crippen LogP contribution in [0.3, 0.4) is 0 Å². The van der Waals surface area contributed by atoms with E-state index in [1.165, 1.54) is 55.7 Å². The molecule has 2 rings (SSSR count). The quantitative estimate of drug-likeness (QED) is 0.235. The average Bonchev–Trinajstić information content (AvgIpc) is 2.70. The van der Waals surface area contributed by atoms with Gasteiger partial charge in [-0.25, -0.2) is 0 Å². The molecule has 0 aliphatic rings. The van der Waals surface area contributed by atoms with Crippen LogP contribution in [-0.2, 0) is 0 Å². The van der Waals surface area contributed by atoms with Crippen LogP contribution in [-0.4, -0.2) is 45.9 Å². The van der Waals surface area contributed by atoms with Crippen molar-refractivity contribution >= 4 is 12.4 Å². The Hall–Kier alpha value is -3.02. The highest BCUT2D eigenvalue weighted by atomic mass is 16.3. The Labute approximate surface area is 171 Å². The molecule has 0 aliphatic heterocycles. The smallest absolute Gasteiger partial charge is 0.124 e. The fourth-order valence-corrected chi connectivity index (χ4v) is 2.91. The van der Waals surface area contributed by atoms with Crippen LogP contribution in [0.25, 0.3) is 0 Å². The van der Waals surface area contributed by atoms with Gasteiger partial charge in [-0.05, 0) is 49.2 Å². The molecular weight excluding hydrogens is 368 g/mol. The summed E-state index contributed by atoms with van der Waals surface area (Å²) in [6.07, 6.45) is 11.0. The van der Waals surface area contributed by atoms with Gasteiger partial charge in [0, 0.05) is 36.6 Å².